The van der Waals surface area contributed by atoms with E-state index in [4.69, 9.17) is 5.73 Å². The third-order valence-corrected chi connectivity index (χ3v) is 3.39. The number of nitrogens with one attached hydrogen (secondary N) is 1. The number of hydrogen-bond acceptors (Lipinski definition) is 3. The third kappa shape index (κ3) is 4.16. The molecule has 112 valence electrons. The largest absolute Gasteiger partial charge is 0.354 e. The predicted octanol–water partition coefficient (Wildman–Crippen LogP) is 1.71. The summed E-state index contributed by atoms with van der Waals surface area (Å²) in [5.74, 6) is -0.144. The molecule has 0 aliphatic carbocycles. The molecule has 5 heteroatoms. The van der Waals surface area contributed by atoms with Crippen LogP contribution in [0.25, 0.3) is 0 Å². The molecular formula is C16H22N4O. The topological polar surface area (TPSA) is 72.9 Å². The molecule has 1 aromatic heterocycles. The highest BCUT2D eigenvalue weighted by molar-refractivity contribution is 5.82. The molecule has 0 bridgehead atoms. The summed E-state index contributed by atoms with van der Waals surface area (Å²) in [5, 5.41) is 7.26. The van der Waals surface area contributed by atoms with Crippen molar-refractivity contribution in [2.75, 3.05) is 6.54 Å². The Bertz CT molecular complexity index is 592. The van der Waals surface area contributed by atoms with Crippen LogP contribution in [0.15, 0.2) is 36.4 Å². The Labute approximate surface area is 125 Å². The van der Waals surface area contributed by atoms with Gasteiger partial charge in [0.05, 0.1) is 5.69 Å². The summed E-state index contributed by atoms with van der Waals surface area (Å²) in [7, 11) is 0. The van der Waals surface area contributed by atoms with Gasteiger partial charge in [-0.3, -0.25) is 9.48 Å². The summed E-state index contributed by atoms with van der Waals surface area (Å²) in [6.45, 7) is 5.40. The number of rotatable bonds is 6. The van der Waals surface area contributed by atoms with Crippen LogP contribution in [0.4, 0.5) is 0 Å². The molecule has 1 atom stereocenters. The van der Waals surface area contributed by atoms with Crippen molar-refractivity contribution in [2.24, 2.45) is 5.73 Å². The van der Waals surface area contributed by atoms with Crippen molar-refractivity contribution in [1.82, 2.24) is 15.1 Å². The molecule has 0 aliphatic heterocycles. The maximum absolute atomic E-state index is 12.0. The minimum absolute atomic E-state index is 0.144. The van der Waals surface area contributed by atoms with Gasteiger partial charge < -0.3 is 11.1 Å². The van der Waals surface area contributed by atoms with Gasteiger partial charge in [0.15, 0.2) is 0 Å². The standard InChI is InChI=1S/C16H22N4O/c1-12-11-13(2)20(19-12)10-6-9-18-16(21)15(17)14-7-4-3-5-8-14/h3-5,7-8,11,15H,6,9-10,17H2,1-2H3,(H,18,21)/t15-/m0/s1. The van der Waals surface area contributed by atoms with Crippen LogP contribution < -0.4 is 11.1 Å². The molecular weight excluding hydrogens is 264 g/mol. The van der Waals surface area contributed by atoms with Gasteiger partial charge >= 0.3 is 0 Å². The highest BCUT2D eigenvalue weighted by Crippen LogP contribution is 2.09. The predicted molar refractivity (Wildman–Crippen MR) is 82.7 cm³/mol. The molecule has 0 saturated heterocycles. The van der Waals surface area contributed by atoms with Gasteiger partial charge in [-0.2, -0.15) is 5.10 Å². The lowest BCUT2D eigenvalue weighted by atomic mass is 10.1. The van der Waals surface area contributed by atoms with Crippen molar-refractivity contribution < 1.29 is 4.79 Å². The van der Waals surface area contributed by atoms with E-state index in [0.717, 1.165) is 29.9 Å². The molecule has 0 aliphatic rings. The maximum Gasteiger partial charge on any atom is 0.241 e. The van der Waals surface area contributed by atoms with E-state index in [1.54, 1.807) is 0 Å². The first-order chi connectivity index (χ1) is 10.1. The number of aromatic nitrogens is 2. The number of nitrogens with zero attached hydrogens (tertiary/aromatic N) is 2. The highest BCUT2D eigenvalue weighted by atomic mass is 16.2. The van der Waals surface area contributed by atoms with Gasteiger partial charge in [0.25, 0.3) is 0 Å². The van der Waals surface area contributed by atoms with Crippen LogP contribution in [0.1, 0.15) is 29.4 Å². The molecule has 2 rings (SSSR count). The first kappa shape index (κ1) is 15.3. The van der Waals surface area contributed by atoms with E-state index in [0.29, 0.717) is 6.54 Å². The van der Waals surface area contributed by atoms with Crippen molar-refractivity contribution in [1.29, 1.82) is 0 Å². The van der Waals surface area contributed by atoms with Crippen LogP contribution in [0.3, 0.4) is 0 Å². The molecule has 0 saturated carbocycles. The molecule has 1 aromatic carbocycles. The number of amides is 1. The first-order valence-corrected chi connectivity index (χ1v) is 7.17. The zero-order valence-corrected chi connectivity index (χ0v) is 12.5. The smallest absolute Gasteiger partial charge is 0.241 e. The van der Waals surface area contributed by atoms with E-state index in [1.165, 1.54) is 0 Å². The Kier molecular flexibility index (Phi) is 5.11. The molecule has 0 fully saturated rings. The van der Waals surface area contributed by atoms with Crippen molar-refractivity contribution in [3.8, 4) is 0 Å². The SMILES string of the molecule is Cc1cc(C)n(CCCNC(=O)[C@@H](N)c2ccccc2)n1. The summed E-state index contributed by atoms with van der Waals surface area (Å²) in [5.41, 5.74) is 8.91. The van der Waals surface area contributed by atoms with Gasteiger partial charge in [-0.1, -0.05) is 30.3 Å². The number of carbonyl (C=O) groups is 1. The van der Waals surface area contributed by atoms with Crippen molar-refractivity contribution in [2.45, 2.75) is 32.9 Å². The molecule has 1 heterocycles. The zero-order valence-electron chi connectivity index (χ0n) is 12.5. The first-order valence-electron chi connectivity index (χ1n) is 7.17. The molecule has 21 heavy (non-hydrogen) atoms. The lowest BCUT2D eigenvalue weighted by Crippen LogP contribution is -2.35. The Balaban J connectivity index is 1.76. The second kappa shape index (κ2) is 7.04. The van der Waals surface area contributed by atoms with Gasteiger partial charge in [0.1, 0.15) is 6.04 Å². The summed E-state index contributed by atoms with van der Waals surface area (Å²) in [4.78, 5) is 12.0. The van der Waals surface area contributed by atoms with E-state index in [9.17, 15) is 4.79 Å². The van der Waals surface area contributed by atoms with Gasteiger partial charge in [0, 0.05) is 18.8 Å². The molecule has 1 amide bonds. The minimum Gasteiger partial charge on any atom is -0.354 e. The van der Waals surface area contributed by atoms with Crippen LogP contribution in [0, 0.1) is 13.8 Å². The second-order valence-corrected chi connectivity index (χ2v) is 5.18. The van der Waals surface area contributed by atoms with Crippen LogP contribution in [0.2, 0.25) is 0 Å². The summed E-state index contributed by atoms with van der Waals surface area (Å²) in [6.07, 6.45) is 0.829. The van der Waals surface area contributed by atoms with Crippen LogP contribution in [-0.2, 0) is 11.3 Å². The van der Waals surface area contributed by atoms with Crippen molar-refractivity contribution in [3.05, 3.63) is 53.3 Å². The zero-order chi connectivity index (χ0) is 15.2. The molecule has 0 radical (unpaired) electrons. The summed E-state index contributed by atoms with van der Waals surface area (Å²) >= 11 is 0. The highest BCUT2D eigenvalue weighted by Gasteiger charge is 2.14. The lowest BCUT2D eigenvalue weighted by Gasteiger charge is -2.12. The number of benzene rings is 1. The fourth-order valence-electron chi connectivity index (χ4n) is 2.26. The quantitative estimate of drug-likeness (QED) is 0.794. The number of hydrogen-bond donors (Lipinski definition) is 2. The fraction of sp³-hybridized carbons (Fsp3) is 0.375. The average Bonchev–Trinajstić information content (AvgIpc) is 2.81. The molecule has 0 unspecified atom stereocenters. The van der Waals surface area contributed by atoms with Gasteiger partial charge in [-0.15, -0.1) is 0 Å². The van der Waals surface area contributed by atoms with Crippen LogP contribution in [0.5, 0.6) is 0 Å². The Morgan fingerprint density at radius 3 is 2.67 bits per heavy atom. The third-order valence-electron chi connectivity index (χ3n) is 3.39. The van der Waals surface area contributed by atoms with Gasteiger partial charge in [-0.05, 0) is 31.9 Å². The number of aryl methyl sites for hydroxylation is 3. The van der Waals surface area contributed by atoms with Crippen LogP contribution in [-0.4, -0.2) is 22.2 Å². The average molecular weight is 286 g/mol. The van der Waals surface area contributed by atoms with Crippen LogP contribution >= 0.6 is 0 Å². The number of nitrogens with two attached hydrogens (primary N) is 1. The fourth-order valence-corrected chi connectivity index (χ4v) is 2.26. The van der Waals surface area contributed by atoms with E-state index >= 15 is 0 Å². The number of carbonyl (C=O) groups excluding carboxylic acids is 1. The molecule has 2 aromatic rings. The Morgan fingerprint density at radius 1 is 1.33 bits per heavy atom. The summed E-state index contributed by atoms with van der Waals surface area (Å²) in [6, 6.07) is 10.8. The molecule has 3 N–H and O–H groups in total. The monoisotopic (exact) mass is 286 g/mol. The maximum atomic E-state index is 12.0. The van der Waals surface area contributed by atoms with Gasteiger partial charge in [-0.25, -0.2) is 0 Å². The van der Waals surface area contributed by atoms with E-state index in [1.807, 2.05) is 54.9 Å². The second-order valence-electron chi connectivity index (χ2n) is 5.18. The van der Waals surface area contributed by atoms with E-state index < -0.39 is 6.04 Å². The van der Waals surface area contributed by atoms with E-state index in [-0.39, 0.29) is 5.91 Å². The Morgan fingerprint density at radius 2 is 2.05 bits per heavy atom. The molecule has 0 spiro atoms. The molecule has 5 nitrogen and oxygen atoms in total. The van der Waals surface area contributed by atoms with Gasteiger partial charge in [0.2, 0.25) is 5.91 Å². The normalized spacial score (nSPS) is 12.1. The van der Waals surface area contributed by atoms with Crippen molar-refractivity contribution in [3.63, 3.8) is 0 Å². The summed E-state index contributed by atoms with van der Waals surface area (Å²) < 4.78 is 1.96. The lowest BCUT2D eigenvalue weighted by molar-refractivity contribution is -0.122. The van der Waals surface area contributed by atoms with Crippen molar-refractivity contribution >= 4 is 5.91 Å². The van der Waals surface area contributed by atoms with E-state index in [2.05, 4.69) is 10.4 Å². The Hall–Kier alpha value is -2.14. The minimum atomic E-state index is -0.611.